The van der Waals surface area contributed by atoms with Gasteiger partial charge in [-0.2, -0.15) is 0 Å². The summed E-state index contributed by atoms with van der Waals surface area (Å²) in [6, 6.07) is 17.8. The van der Waals surface area contributed by atoms with Crippen molar-refractivity contribution in [2.75, 3.05) is 0 Å². The van der Waals surface area contributed by atoms with Gasteiger partial charge < -0.3 is 0 Å². The van der Waals surface area contributed by atoms with E-state index in [9.17, 15) is 0 Å². The second-order valence-corrected chi connectivity index (χ2v) is 5.26. The van der Waals surface area contributed by atoms with Gasteiger partial charge in [-0.3, -0.25) is 0 Å². The lowest BCUT2D eigenvalue weighted by Gasteiger charge is -2.15. The fraction of sp³-hybridized carbons (Fsp3) is 0.333. The normalized spacial score (nSPS) is 15.6. The molecule has 0 amide bonds. The minimum absolute atomic E-state index is 1.26. The van der Waals surface area contributed by atoms with E-state index < -0.39 is 0 Å². The largest absolute Gasteiger partial charge is 0.0622 e. The van der Waals surface area contributed by atoms with E-state index >= 15 is 0 Å². The summed E-state index contributed by atoms with van der Waals surface area (Å²) in [5.41, 5.74) is 5.86. The fourth-order valence-corrected chi connectivity index (χ4v) is 2.90. The van der Waals surface area contributed by atoms with Crippen LogP contribution in [0.25, 0.3) is 11.1 Å². The average molecular weight is 236 g/mol. The monoisotopic (exact) mass is 236 g/mol. The number of fused-ring (bicyclic) bond motifs is 1. The number of hydrogen-bond acceptors (Lipinski definition) is 0. The summed E-state index contributed by atoms with van der Waals surface area (Å²) in [6.45, 7) is 0. The summed E-state index contributed by atoms with van der Waals surface area (Å²) in [7, 11) is 0. The van der Waals surface area contributed by atoms with E-state index in [0.717, 1.165) is 0 Å². The van der Waals surface area contributed by atoms with Crippen LogP contribution in [0.2, 0.25) is 0 Å². The topological polar surface area (TPSA) is 0 Å². The van der Waals surface area contributed by atoms with Crippen molar-refractivity contribution in [2.24, 2.45) is 0 Å². The lowest BCUT2D eigenvalue weighted by molar-refractivity contribution is 0.617. The van der Waals surface area contributed by atoms with Crippen molar-refractivity contribution in [1.29, 1.82) is 0 Å². The minimum atomic E-state index is 1.26. The van der Waals surface area contributed by atoms with Gasteiger partial charge in [0.05, 0.1) is 0 Å². The molecule has 1 aliphatic rings. The van der Waals surface area contributed by atoms with Gasteiger partial charge in [0.25, 0.3) is 0 Å². The van der Waals surface area contributed by atoms with Crippen LogP contribution in [0.15, 0.2) is 48.5 Å². The molecular weight excluding hydrogens is 216 g/mol. The molecule has 0 heterocycles. The number of rotatable bonds is 1. The maximum Gasteiger partial charge on any atom is -0.0181 e. The highest BCUT2D eigenvalue weighted by Gasteiger charge is 2.08. The van der Waals surface area contributed by atoms with Crippen molar-refractivity contribution < 1.29 is 0 Å². The summed E-state index contributed by atoms with van der Waals surface area (Å²) in [5.74, 6) is 0. The van der Waals surface area contributed by atoms with Crippen LogP contribution in [0, 0.1) is 0 Å². The third-order valence-corrected chi connectivity index (χ3v) is 3.96. The molecule has 2 aromatic rings. The molecular formula is C18H20. The van der Waals surface area contributed by atoms with E-state index in [2.05, 4.69) is 48.5 Å². The van der Waals surface area contributed by atoms with Crippen molar-refractivity contribution in [3.8, 4) is 11.1 Å². The zero-order chi connectivity index (χ0) is 12.2. The van der Waals surface area contributed by atoms with Crippen LogP contribution in [-0.2, 0) is 12.8 Å². The van der Waals surface area contributed by atoms with Crippen molar-refractivity contribution in [2.45, 2.75) is 38.5 Å². The van der Waals surface area contributed by atoms with Crippen molar-refractivity contribution >= 4 is 0 Å². The average Bonchev–Trinajstić information content (AvgIpc) is 2.40. The van der Waals surface area contributed by atoms with E-state index in [-0.39, 0.29) is 0 Å². The van der Waals surface area contributed by atoms with E-state index in [0.29, 0.717) is 0 Å². The van der Waals surface area contributed by atoms with Crippen molar-refractivity contribution in [1.82, 2.24) is 0 Å². The zero-order valence-electron chi connectivity index (χ0n) is 10.9. The van der Waals surface area contributed by atoms with E-state index in [1.54, 1.807) is 11.1 Å². The van der Waals surface area contributed by atoms with Crippen LogP contribution in [-0.4, -0.2) is 0 Å². The lowest BCUT2D eigenvalue weighted by atomic mass is 9.90. The van der Waals surface area contributed by atoms with Crippen molar-refractivity contribution in [3.63, 3.8) is 0 Å². The zero-order valence-corrected chi connectivity index (χ0v) is 10.9. The van der Waals surface area contributed by atoms with Gasteiger partial charge >= 0.3 is 0 Å². The highest BCUT2D eigenvalue weighted by molar-refractivity contribution is 5.64. The first-order chi connectivity index (χ1) is 8.93. The standard InChI is InChI=1S/C18H20/c1-2-5-11-17-14-18(13-12-16(17)10-4-1)15-8-6-3-7-9-15/h3,6-9,12-14H,1-2,4-5,10-11H2. The molecule has 0 saturated heterocycles. The van der Waals surface area contributed by atoms with Crippen LogP contribution in [0.3, 0.4) is 0 Å². The van der Waals surface area contributed by atoms with Gasteiger partial charge in [-0.05, 0) is 47.9 Å². The Balaban J connectivity index is 1.96. The molecule has 0 aliphatic heterocycles. The van der Waals surface area contributed by atoms with E-state index in [1.807, 2.05) is 0 Å². The predicted molar refractivity (Wildman–Crippen MR) is 77.8 cm³/mol. The molecule has 0 atom stereocenters. The van der Waals surface area contributed by atoms with Crippen LogP contribution in [0.5, 0.6) is 0 Å². The second kappa shape index (κ2) is 5.39. The Morgan fingerprint density at radius 3 is 2.06 bits per heavy atom. The molecule has 92 valence electrons. The summed E-state index contributed by atoms with van der Waals surface area (Å²) in [4.78, 5) is 0. The smallest absolute Gasteiger partial charge is 0.0181 e. The highest BCUT2D eigenvalue weighted by Crippen LogP contribution is 2.26. The molecule has 2 aromatic carbocycles. The quantitative estimate of drug-likeness (QED) is 0.652. The van der Waals surface area contributed by atoms with Gasteiger partial charge in [0.15, 0.2) is 0 Å². The predicted octanol–water partition coefficient (Wildman–Crippen LogP) is 5.01. The molecule has 0 bridgehead atoms. The molecule has 3 rings (SSSR count). The molecule has 0 heteroatoms. The summed E-state index contributed by atoms with van der Waals surface area (Å²) in [5, 5.41) is 0. The molecule has 0 spiro atoms. The first-order valence-corrected chi connectivity index (χ1v) is 7.11. The molecule has 18 heavy (non-hydrogen) atoms. The van der Waals surface area contributed by atoms with Gasteiger partial charge in [0, 0.05) is 0 Å². The summed E-state index contributed by atoms with van der Waals surface area (Å²) < 4.78 is 0. The maximum absolute atomic E-state index is 2.41. The van der Waals surface area contributed by atoms with Crippen LogP contribution < -0.4 is 0 Å². The minimum Gasteiger partial charge on any atom is -0.0622 e. The fourth-order valence-electron chi connectivity index (χ4n) is 2.90. The van der Waals surface area contributed by atoms with Gasteiger partial charge in [0.1, 0.15) is 0 Å². The lowest BCUT2D eigenvalue weighted by Crippen LogP contribution is -1.99. The molecule has 1 aliphatic carbocycles. The highest BCUT2D eigenvalue weighted by atomic mass is 14.1. The Kier molecular flexibility index (Phi) is 3.45. The number of hydrogen-bond donors (Lipinski definition) is 0. The molecule has 0 unspecified atom stereocenters. The number of benzene rings is 2. The van der Waals surface area contributed by atoms with Crippen molar-refractivity contribution in [3.05, 3.63) is 59.7 Å². The van der Waals surface area contributed by atoms with E-state index in [4.69, 9.17) is 0 Å². The first-order valence-electron chi connectivity index (χ1n) is 7.11. The van der Waals surface area contributed by atoms with Crippen LogP contribution in [0.4, 0.5) is 0 Å². The summed E-state index contributed by atoms with van der Waals surface area (Å²) >= 11 is 0. The van der Waals surface area contributed by atoms with Gasteiger partial charge in [0.2, 0.25) is 0 Å². The molecule has 0 saturated carbocycles. The Morgan fingerprint density at radius 1 is 0.556 bits per heavy atom. The molecule has 0 radical (unpaired) electrons. The Labute approximate surface area is 110 Å². The van der Waals surface area contributed by atoms with Gasteiger partial charge in [-0.15, -0.1) is 0 Å². The number of aryl methyl sites for hydroxylation is 2. The Morgan fingerprint density at radius 2 is 1.28 bits per heavy atom. The Bertz CT molecular complexity index is 511. The van der Waals surface area contributed by atoms with Gasteiger partial charge in [-0.25, -0.2) is 0 Å². The van der Waals surface area contributed by atoms with Crippen LogP contribution in [0.1, 0.15) is 36.8 Å². The van der Waals surface area contributed by atoms with E-state index in [1.165, 1.54) is 49.7 Å². The molecule has 0 fully saturated rings. The Hall–Kier alpha value is -1.56. The van der Waals surface area contributed by atoms with Crippen LogP contribution >= 0.6 is 0 Å². The maximum atomic E-state index is 2.41. The van der Waals surface area contributed by atoms with Gasteiger partial charge in [-0.1, -0.05) is 61.4 Å². The third-order valence-electron chi connectivity index (χ3n) is 3.96. The SMILES string of the molecule is c1ccc(-c2ccc3c(c2)CCCCCC3)cc1. The molecule has 0 aromatic heterocycles. The first kappa shape index (κ1) is 11.5. The second-order valence-electron chi connectivity index (χ2n) is 5.26. The third kappa shape index (κ3) is 2.48. The molecule has 0 N–H and O–H groups in total. The summed E-state index contributed by atoms with van der Waals surface area (Å²) in [6.07, 6.45) is 8.04. The molecule has 0 nitrogen and oxygen atoms in total.